The van der Waals surface area contributed by atoms with Crippen molar-refractivity contribution < 1.29 is 13.2 Å². The molecule has 0 aliphatic carbocycles. The minimum absolute atomic E-state index is 0.0241. The fourth-order valence-corrected chi connectivity index (χ4v) is 3.70. The monoisotopic (exact) mass is 400 g/mol. The molecule has 5 nitrogen and oxygen atoms in total. The first kappa shape index (κ1) is 19.7. The summed E-state index contributed by atoms with van der Waals surface area (Å²) in [6.07, 6.45) is 0. The lowest BCUT2D eigenvalue weighted by atomic mass is 10.1. The lowest BCUT2D eigenvalue weighted by molar-refractivity contribution is -0.116. The van der Waals surface area contributed by atoms with Gasteiger partial charge in [0.25, 0.3) is 0 Å². The lowest BCUT2D eigenvalue weighted by Crippen LogP contribution is -2.35. The number of hydrogen-bond acceptors (Lipinski definition) is 3. The Balaban J connectivity index is 2.14. The van der Waals surface area contributed by atoms with Crippen LogP contribution in [0, 0.1) is 13.8 Å². The van der Waals surface area contributed by atoms with Gasteiger partial charge in [-0.3, -0.25) is 4.79 Å². The molecule has 25 heavy (non-hydrogen) atoms. The van der Waals surface area contributed by atoms with E-state index in [0.717, 1.165) is 15.4 Å². The van der Waals surface area contributed by atoms with Gasteiger partial charge in [0.1, 0.15) is 0 Å². The second kappa shape index (κ2) is 7.74. The lowest BCUT2D eigenvalue weighted by Gasteiger charge is -2.18. The Kier molecular flexibility index (Phi) is 6.11. The van der Waals surface area contributed by atoms with Crippen molar-refractivity contribution in [2.75, 3.05) is 18.9 Å². The van der Waals surface area contributed by atoms with Gasteiger partial charge in [-0.2, -0.15) is 4.31 Å². The first-order chi connectivity index (χ1) is 11.6. The Bertz CT molecular complexity index is 914. The summed E-state index contributed by atoms with van der Waals surface area (Å²) in [5.41, 5.74) is 2.63. The van der Waals surface area contributed by atoms with Crippen LogP contribution in [0.15, 0.2) is 41.3 Å². The Morgan fingerprint density at radius 3 is 2.44 bits per heavy atom. The first-order valence-electron chi connectivity index (χ1n) is 7.40. The number of nitrogens with one attached hydrogen (secondary N) is 1. The van der Waals surface area contributed by atoms with Gasteiger partial charge in [0.2, 0.25) is 15.9 Å². The van der Waals surface area contributed by atoms with E-state index < -0.39 is 15.9 Å². The van der Waals surface area contributed by atoms with Crippen molar-refractivity contribution in [3.05, 3.63) is 57.6 Å². The quantitative estimate of drug-likeness (QED) is 0.827. The SMILES string of the molecule is Cc1cccc(NC(=O)CN(C)S(=O)(=O)c2ccc(Cl)c(Cl)c2)c1C. The van der Waals surface area contributed by atoms with Crippen molar-refractivity contribution in [2.45, 2.75) is 18.7 Å². The van der Waals surface area contributed by atoms with Gasteiger partial charge in [0.15, 0.2) is 0 Å². The molecule has 0 spiro atoms. The molecular formula is C17H18Cl2N2O3S. The van der Waals surface area contributed by atoms with E-state index in [1.165, 1.54) is 25.2 Å². The average molecular weight is 401 g/mol. The van der Waals surface area contributed by atoms with Crippen LogP contribution in [0.5, 0.6) is 0 Å². The number of halogens is 2. The summed E-state index contributed by atoms with van der Waals surface area (Å²) in [5.74, 6) is -0.431. The van der Waals surface area contributed by atoms with Gasteiger partial charge in [0.05, 0.1) is 21.5 Å². The summed E-state index contributed by atoms with van der Waals surface area (Å²) in [6.45, 7) is 3.50. The fourth-order valence-electron chi connectivity index (χ4n) is 2.18. The number of sulfonamides is 1. The zero-order valence-electron chi connectivity index (χ0n) is 14.0. The highest BCUT2D eigenvalue weighted by Crippen LogP contribution is 2.26. The number of anilines is 1. The molecule has 0 fully saturated rings. The molecule has 0 aromatic heterocycles. The Hall–Kier alpha value is -1.60. The predicted molar refractivity (Wildman–Crippen MR) is 101 cm³/mol. The van der Waals surface area contributed by atoms with E-state index in [2.05, 4.69) is 5.32 Å². The van der Waals surface area contributed by atoms with Gasteiger partial charge in [0, 0.05) is 12.7 Å². The Labute approximate surface area is 157 Å². The van der Waals surface area contributed by atoms with Crippen LogP contribution in [0.4, 0.5) is 5.69 Å². The summed E-state index contributed by atoms with van der Waals surface area (Å²) < 4.78 is 26.1. The third-order valence-electron chi connectivity index (χ3n) is 3.84. The van der Waals surface area contributed by atoms with Crippen molar-refractivity contribution in [2.24, 2.45) is 0 Å². The molecule has 0 saturated heterocycles. The summed E-state index contributed by atoms with van der Waals surface area (Å²) in [7, 11) is -2.52. The van der Waals surface area contributed by atoms with E-state index in [4.69, 9.17) is 23.2 Å². The largest absolute Gasteiger partial charge is 0.325 e. The van der Waals surface area contributed by atoms with E-state index in [1.54, 1.807) is 6.07 Å². The van der Waals surface area contributed by atoms with E-state index >= 15 is 0 Å². The highest BCUT2D eigenvalue weighted by Gasteiger charge is 2.24. The van der Waals surface area contributed by atoms with E-state index in [-0.39, 0.29) is 21.5 Å². The predicted octanol–water partition coefficient (Wildman–Crippen LogP) is 3.87. The van der Waals surface area contributed by atoms with Crippen molar-refractivity contribution in [3.8, 4) is 0 Å². The second-order valence-corrected chi connectivity index (χ2v) is 8.49. The molecule has 0 atom stereocenters. The van der Waals surface area contributed by atoms with Gasteiger partial charge in [-0.1, -0.05) is 35.3 Å². The number of benzene rings is 2. The van der Waals surface area contributed by atoms with Crippen molar-refractivity contribution in [1.82, 2.24) is 4.31 Å². The summed E-state index contributed by atoms with van der Waals surface area (Å²) in [4.78, 5) is 12.2. The standard InChI is InChI=1S/C17H18Cl2N2O3S/c1-11-5-4-6-16(12(11)2)20-17(22)10-21(3)25(23,24)13-7-8-14(18)15(19)9-13/h4-9H,10H2,1-3H3,(H,20,22). The molecular weight excluding hydrogens is 383 g/mol. The number of hydrogen-bond donors (Lipinski definition) is 1. The minimum Gasteiger partial charge on any atom is -0.325 e. The number of rotatable bonds is 5. The molecule has 0 saturated carbocycles. The highest BCUT2D eigenvalue weighted by molar-refractivity contribution is 7.89. The zero-order chi connectivity index (χ0) is 18.8. The number of carbonyl (C=O) groups is 1. The molecule has 2 aromatic carbocycles. The molecule has 0 bridgehead atoms. The first-order valence-corrected chi connectivity index (χ1v) is 9.60. The fraction of sp³-hybridized carbons (Fsp3) is 0.235. The zero-order valence-corrected chi connectivity index (χ0v) is 16.3. The smallest absolute Gasteiger partial charge is 0.243 e. The topological polar surface area (TPSA) is 66.5 Å². The van der Waals surface area contributed by atoms with Gasteiger partial charge in [-0.25, -0.2) is 8.42 Å². The van der Waals surface area contributed by atoms with Crippen LogP contribution < -0.4 is 5.32 Å². The number of likely N-dealkylation sites (N-methyl/N-ethyl adjacent to an activating group) is 1. The van der Waals surface area contributed by atoms with Crippen LogP contribution in [-0.2, 0) is 14.8 Å². The van der Waals surface area contributed by atoms with E-state index in [1.807, 2.05) is 26.0 Å². The molecule has 0 unspecified atom stereocenters. The van der Waals surface area contributed by atoms with Crippen LogP contribution in [0.2, 0.25) is 10.0 Å². The van der Waals surface area contributed by atoms with Crippen molar-refractivity contribution in [1.29, 1.82) is 0 Å². The molecule has 2 rings (SSSR count). The maximum absolute atomic E-state index is 12.5. The van der Waals surface area contributed by atoms with Crippen LogP contribution in [0.25, 0.3) is 0 Å². The minimum atomic E-state index is -3.85. The van der Waals surface area contributed by atoms with Gasteiger partial charge >= 0.3 is 0 Å². The number of amides is 1. The Morgan fingerprint density at radius 1 is 1.12 bits per heavy atom. The molecule has 1 amide bonds. The molecule has 2 aromatic rings. The molecule has 0 radical (unpaired) electrons. The second-order valence-electron chi connectivity index (χ2n) is 5.63. The van der Waals surface area contributed by atoms with Crippen LogP contribution in [0.1, 0.15) is 11.1 Å². The third-order valence-corrected chi connectivity index (χ3v) is 6.38. The molecule has 134 valence electrons. The normalized spacial score (nSPS) is 11.6. The molecule has 0 aliphatic heterocycles. The summed E-state index contributed by atoms with van der Waals surface area (Å²) >= 11 is 11.7. The van der Waals surface area contributed by atoms with Gasteiger partial charge in [-0.15, -0.1) is 0 Å². The maximum atomic E-state index is 12.5. The molecule has 0 heterocycles. The number of aryl methyl sites for hydroxylation is 1. The summed E-state index contributed by atoms with van der Waals surface area (Å²) in [6, 6.07) is 9.55. The molecule has 0 aliphatic rings. The molecule has 1 N–H and O–H groups in total. The third kappa shape index (κ3) is 4.52. The van der Waals surface area contributed by atoms with Crippen LogP contribution >= 0.6 is 23.2 Å². The van der Waals surface area contributed by atoms with Crippen LogP contribution in [0.3, 0.4) is 0 Å². The Morgan fingerprint density at radius 2 is 1.80 bits per heavy atom. The van der Waals surface area contributed by atoms with E-state index in [0.29, 0.717) is 5.69 Å². The average Bonchev–Trinajstić information content (AvgIpc) is 2.54. The maximum Gasteiger partial charge on any atom is 0.243 e. The summed E-state index contributed by atoms with van der Waals surface area (Å²) in [5, 5.41) is 3.13. The number of carbonyl (C=O) groups excluding carboxylic acids is 1. The number of nitrogens with zero attached hydrogens (tertiary/aromatic N) is 1. The van der Waals surface area contributed by atoms with Crippen LogP contribution in [-0.4, -0.2) is 32.2 Å². The van der Waals surface area contributed by atoms with Crippen molar-refractivity contribution >= 4 is 44.8 Å². The van der Waals surface area contributed by atoms with Gasteiger partial charge < -0.3 is 5.32 Å². The van der Waals surface area contributed by atoms with E-state index in [9.17, 15) is 13.2 Å². The molecule has 8 heteroatoms. The highest BCUT2D eigenvalue weighted by atomic mass is 35.5. The van der Waals surface area contributed by atoms with Gasteiger partial charge in [-0.05, 0) is 49.2 Å². The van der Waals surface area contributed by atoms with Crippen molar-refractivity contribution in [3.63, 3.8) is 0 Å².